The van der Waals surface area contributed by atoms with Crippen molar-refractivity contribution in [2.75, 3.05) is 5.32 Å². The number of fused-ring (bicyclic) bond motifs is 2. The smallest absolute Gasteiger partial charge is 0.295 e. The van der Waals surface area contributed by atoms with Crippen LogP contribution in [0.2, 0.25) is 0 Å². The molecule has 4 rings (SSSR count). The van der Waals surface area contributed by atoms with Crippen molar-refractivity contribution in [2.45, 2.75) is 12.5 Å². The largest absolute Gasteiger partial charge is 0.361 e. The van der Waals surface area contributed by atoms with Crippen molar-refractivity contribution >= 4 is 28.4 Å². The van der Waals surface area contributed by atoms with E-state index in [1.165, 1.54) is 0 Å². The monoisotopic (exact) mass is 318 g/mol. The molecule has 0 saturated heterocycles. The average molecular weight is 318 g/mol. The summed E-state index contributed by atoms with van der Waals surface area (Å²) in [6.07, 6.45) is 1.96. The van der Waals surface area contributed by atoms with Crippen LogP contribution in [-0.4, -0.2) is 16.8 Å². The molecule has 1 atom stereocenters. The summed E-state index contributed by atoms with van der Waals surface area (Å²) >= 11 is 0. The Kier molecular flexibility index (Phi) is 3.42. The minimum Gasteiger partial charge on any atom is -0.361 e. The highest BCUT2D eigenvalue weighted by Gasteiger charge is 2.25. The Hall–Kier alpha value is -3.28. The molecule has 2 amide bonds. The minimum absolute atomic E-state index is 0.134. The van der Waals surface area contributed by atoms with E-state index in [4.69, 9.17) is 0 Å². The van der Waals surface area contributed by atoms with E-state index in [1.54, 1.807) is 12.1 Å². The van der Waals surface area contributed by atoms with Crippen LogP contribution in [0.5, 0.6) is 0 Å². The van der Waals surface area contributed by atoms with Gasteiger partial charge in [0.1, 0.15) is 6.04 Å². The lowest BCUT2D eigenvalue weighted by molar-refractivity contribution is -0.116. The van der Waals surface area contributed by atoms with Gasteiger partial charge in [-0.05, 0) is 29.8 Å². The first-order chi connectivity index (χ1) is 11.7. The first-order valence-corrected chi connectivity index (χ1v) is 7.62. The van der Waals surface area contributed by atoms with Crippen LogP contribution in [0.15, 0.2) is 65.0 Å². The molecule has 1 aliphatic heterocycles. The third-order valence-electron chi connectivity index (χ3n) is 4.09. The molecule has 1 aliphatic rings. The topological polar surface area (TPSA) is 86.7 Å². The van der Waals surface area contributed by atoms with Crippen LogP contribution in [0.25, 0.3) is 10.9 Å². The van der Waals surface area contributed by atoms with Crippen molar-refractivity contribution in [3.05, 3.63) is 65.9 Å². The molecule has 0 bridgehead atoms. The number of amides is 2. The fourth-order valence-corrected chi connectivity index (χ4v) is 2.94. The number of rotatable bonds is 3. The summed E-state index contributed by atoms with van der Waals surface area (Å²) in [5, 5.41) is 11.5. The number of aromatic nitrogens is 1. The second-order valence-electron chi connectivity index (χ2n) is 5.62. The predicted molar refractivity (Wildman–Crippen MR) is 89.9 cm³/mol. The highest BCUT2D eigenvalue weighted by molar-refractivity contribution is 6.02. The van der Waals surface area contributed by atoms with Gasteiger partial charge in [-0.3, -0.25) is 9.59 Å². The number of nitrogens with zero attached hydrogens (tertiary/aromatic N) is 2. The van der Waals surface area contributed by atoms with E-state index in [1.807, 2.05) is 42.6 Å². The standard InChI is InChI=1S/C18H14N4O2/c23-17(20-15-7-3-6-14-13(15)8-9-19-14)10-16-11-4-1-2-5-12(11)18(24)22-21-16/h1-9,16,19H,10H2,(H,20,23). The molecular formula is C18H14N4O2. The van der Waals surface area contributed by atoms with Crippen LogP contribution in [0.3, 0.4) is 0 Å². The van der Waals surface area contributed by atoms with E-state index in [0.29, 0.717) is 5.56 Å². The maximum atomic E-state index is 12.4. The summed E-state index contributed by atoms with van der Waals surface area (Å²) in [4.78, 5) is 27.3. The molecule has 118 valence electrons. The Balaban J connectivity index is 1.56. The van der Waals surface area contributed by atoms with Crippen LogP contribution in [0.4, 0.5) is 5.69 Å². The number of hydrogen-bond donors (Lipinski definition) is 2. The second-order valence-corrected chi connectivity index (χ2v) is 5.62. The Morgan fingerprint density at radius 3 is 2.92 bits per heavy atom. The molecule has 6 heteroatoms. The van der Waals surface area contributed by atoms with Gasteiger partial charge >= 0.3 is 0 Å². The molecular weight excluding hydrogens is 304 g/mol. The fraction of sp³-hybridized carbons (Fsp3) is 0.111. The Bertz CT molecular complexity index is 974. The van der Waals surface area contributed by atoms with Gasteiger partial charge in [0.2, 0.25) is 5.91 Å². The van der Waals surface area contributed by atoms with E-state index >= 15 is 0 Å². The number of benzene rings is 2. The summed E-state index contributed by atoms with van der Waals surface area (Å²) in [5.74, 6) is -0.531. The molecule has 2 N–H and O–H groups in total. The van der Waals surface area contributed by atoms with E-state index < -0.39 is 6.04 Å². The summed E-state index contributed by atoms with van der Waals surface area (Å²) in [6.45, 7) is 0. The SMILES string of the molecule is O=C(CC1N=NC(=O)c2ccccc21)Nc1cccc2[nH]ccc12. The van der Waals surface area contributed by atoms with Crippen molar-refractivity contribution in [3.8, 4) is 0 Å². The zero-order chi connectivity index (χ0) is 16.5. The summed E-state index contributed by atoms with van der Waals surface area (Å²) in [5.41, 5.74) is 2.96. The van der Waals surface area contributed by atoms with Crippen molar-refractivity contribution in [1.82, 2.24) is 4.98 Å². The summed E-state index contributed by atoms with van der Waals surface area (Å²) < 4.78 is 0. The number of azo groups is 1. The van der Waals surface area contributed by atoms with Crippen LogP contribution in [0.1, 0.15) is 28.4 Å². The van der Waals surface area contributed by atoms with Crippen LogP contribution in [0, 0.1) is 0 Å². The molecule has 0 aliphatic carbocycles. The number of anilines is 1. The Morgan fingerprint density at radius 1 is 1.12 bits per heavy atom. The van der Waals surface area contributed by atoms with Crippen molar-refractivity contribution in [1.29, 1.82) is 0 Å². The zero-order valence-electron chi connectivity index (χ0n) is 12.7. The first kappa shape index (κ1) is 14.3. The van der Waals surface area contributed by atoms with Gasteiger partial charge in [0.15, 0.2) is 0 Å². The highest BCUT2D eigenvalue weighted by atomic mass is 16.2. The van der Waals surface area contributed by atoms with Crippen LogP contribution in [-0.2, 0) is 4.79 Å². The van der Waals surface area contributed by atoms with Gasteiger partial charge in [-0.2, -0.15) is 5.11 Å². The number of H-pyrrole nitrogens is 1. The number of nitrogens with one attached hydrogen (secondary N) is 2. The lowest BCUT2D eigenvalue weighted by atomic mass is 9.96. The van der Waals surface area contributed by atoms with Gasteiger partial charge < -0.3 is 10.3 Å². The third-order valence-corrected chi connectivity index (χ3v) is 4.09. The molecule has 3 aromatic rings. The normalized spacial score (nSPS) is 16.2. The lowest BCUT2D eigenvalue weighted by Crippen LogP contribution is -2.18. The molecule has 6 nitrogen and oxygen atoms in total. The number of carbonyl (C=O) groups excluding carboxylic acids is 2. The van der Waals surface area contributed by atoms with Gasteiger partial charge in [0, 0.05) is 22.7 Å². The molecule has 1 unspecified atom stereocenters. The molecule has 0 spiro atoms. The summed E-state index contributed by atoms with van der Waals surface area (Å²) in [7, 11) is 0. The van der Waals surface area contributed by atoms with Gasteiger partial charge in [0.05, 0.1) is 12.1 Å². The van der Waals surface area contributed by atoms with E-state index in [2.05, 4.69) is 20.5 Å². The zero-order valence-corrected chi connectivity index (χ0v) is 12.7. The fourth-order valence-electron chi connectivity index (χ4n) is 2.94. The van der Waals surface area contributed by atoms with Crippen molar-refractivity contribution in [3.63, 3.8) is 0 Å². The molecule has 1 aromatic heterocycles. The predicted octanol–water partition coefficient (Wildman–Crippen LogP) is 3.84. The second kappa shape index (κ2) is 5.73. The Labute approximate surface area is 137 Å². The first-order valence-electron chi connectivity index (χ1n) is 7.62. The maximum Gasteiger partial charge on any atom is 0.295 e. The maximum absolute atomic E-state index is 12.4. The van der Waals surface area contributed by atoms with Crippen molar-refractivity contribution in [2.24, 2.45) is 10.2 Å². The third kappa shape index (κ3) is 2.48. The lowest BCUT2D eigenvalue weighted by Gasteiger charge is -2.17. The highest BCUT2D eigenvalue weighted by Crippen LogP contribution is 2.30. The minimum atomic E-state index is -0.440. The molecule has 0 saturated carbocycles. The Morgan fingerprint density at radius 2 is 2.00 bits per heavy atom. The number of carbonyl (C=O) groups is 2. The molecule has 0 fully saturated rings. The van der Waals surface area contributed by atoms with Crippen LogP contribution >= 0.6 is 0 Å². The van der Waals surface area contributed by atoms with Crippen molar-refractivity contribution < 1.29 is 9.59 Å². The number of hydrogen-bond acceptors (Lipinski definition) is 3. The van der Waals surface area contributed by atoms with E-state index in [9.17, 15) is 9.59 Å². The average Bonchev–Trinajstić information content (AvgIpc) is 3.07. The molecule has 24 heavy (non-hydrogen) atoms. The quantitative estimate of drug-likeness (QED) is 0.768. The molecule has 2 aromatic carbocycles. The van der Waals surface area contributed by atoms with E-state index in [0.717, 1.165) is 22.2 Å². The summed E-state index contributed by atoms with van der Waals surface area (Å²) in [6, 6.07) is 14.3. The van der Waals surface area contributed by atoms with Gasteiger partial charge in [0.25, 0.3) is 5.91 Å². The van der Waals surface area contributed by atoms with E-state index in [-0.39, 0.29) is 18.2 Å². The van der Waals surface area contributed by atoms with Gasteiger partial charge in [-0.25, -0.2) is 0 Å². The van der Waals surface area contributed by atoms with Gasteiger partial charge in [-0.15, -0.1) is 5.11 Å². The van der Waals surface area contributed by atoms with Crippen LogP contribution < -0.4 is 5.32 Å². The molecule has 2 heterocycles. The van der Waals surface area contributed by atoms with Gasteiger partial charge in [-0.1, -0.05) is 24.3 Å². The number of aromatic amines is 1. The molecule has 0 radical (unpaired) electrons.